The number of imidazole rings is 1. The Labute approximate surface area is 167 Å². The van der Waals surface area contributed by atoms with Gasteiger partial charge in [-0.25, -0.2) is 19.3 Å². The maximum Gasteiger partial charge on any atom is 0.220 e. The van der Waals surface area contributed by atoms with Gasteiger partial charge in [0.15, 0.2) is 11.5 Å². The normalized spacial score (nSPS) is 14.9. The molecule has 0 aliphatic carbocycles. The topological polar surface area (TPSA) is 96.0 Å². The summed E-state index contributed by atoms with van der Waals surface area (Å²) in [4.78, 5) is 30.2. The predicted molar refractivity (Wildman–Crippen MR) is 106 cm³/mol. The Hall–Kier alpha value is -3.23. The van der Waals surface area contributed by atoms with E-state index in [0.29, 0.717) is 30.8 Å². The summed E-state index contributed by atoms with van der Waals surface area (Å²) in [6.45, 7) is 1.99. The maximum absolute atomic E-state index is 13.1. The number of aromatic nitrogens is 4. The molecule has 2 aromatic heterocycles. The van der Waals surface area contributed by atoms with Crippen LogP contribution in [0.5, 0.6) is 5.75 Å². The van der Waals surface area contributed by atoms with E-state index in [0.717, 1.165) is 37.3 Å². The van der Waals surface area contributed by atoms with Crippen molar-refractivity contribution in [3.63, 3.8) is 0 Å². The lowest BCUT2D eigenvalue weighted by Gasteiger charge is -2.33. The van der Waals surface area contributed by atoms with Gasteiger partial charge in [-0.2, -0.15) is 0 Å². The van der Waals surface area contributed by atoms with Crippen molar-refractivity contribution in [2.45, 2.75) is 31.7 Å². The van der Waals surface area contributed by atoms with Gasteiger partial charge in [0.25, 0.3) is 0 Å². The number of fused-ring (bicyclic) bond motifs is 1. The van der Waals surface area contributed by atoms with E-state index in [9.17, 15) is 9.18 Å². The molecule has 3 aromatic rings. The third-order valence-corrected chi connectivity index (χ3v) is 4.98. The van der Waals surface area contributed by atoms with Gasteiger partial charge in [-0.15, -0.1) is 0 Å². The summed E-state index contributed by atoms with van der Waals surface area (Å²) in [6, 6.07) is 6.16. The first kappa shape index (κ1) is 19.1. The lowest BCUT2D eigenvalue weighted by atomic mass is 10.0. The van der Waals surface area contributed by atoms with Crippen molar-refractivity contribution in [1.82, 2.24) is 25.3 Å². The maximum atomic E-state index is 13.1. The fourth-order valence-corrected chi connectivity index (χ4v) is 3.51. The van der Waals surface area contributed by atoms with Gasteiger partial charge in [0.2, 0.25) is 5.91 Å². The molecule has 1 aromatic carbocycles. The van der Waals surface area contributed by atoms with Gasteiger partial charge in [0.05, 0.1) is 12.9 Å². The molecular formula is C20H23FN6O2. The van der Waals surface area contributed by atoms with Crippen molar-refractivity contribution in [2.75, 3.05) is 24.6 Å². The van der Waals surface area contributed by atoms with E-state index in [1.807, 2.05) is 0 Å². The second-order valence-electron chi connectivity index (χ2n) is 7.04. The number of nitrogens with one attached hydrogen (secondary N) is 2. The molecule has 29 heavy (non-hydrogen) atoms. The van der Waals surface area contributed by atoms with Gasteiger partial charge in [-0.1, -0.05) is 6.07 Å². The molecule has 9 heteroatoms. The minimum absolute atomic E-state index is 0.0179. The number of nitrogens with zero attached hydrogens (tertiary/aromatic N) is 4. The van der Waals surface area contributed by atoms with E-state index in [-0.39, 0.29) is 17.8 Å². The summed E-state index contributed by atoms with van der Waals surface area (Å²) in [5, 5.41) is 3.10. The predicted octanol–water partition coefficient (Wildman–Crippen LogP) is 2.44. The first-order valence-corrected chi connectivity index (χ1v) is 9.76. The number of halogens is 1. The molecule has 1 fully saturated rings. The van der Waals surface area contributed by atoms with Crippen LogP contribution in [0, 0.1) is 5.82 Å². The van der Waals surface area contributed by atoms with Crippen molar-refractivity contribution >= 4 is 22.9 Å². The second kappa shape index (κ2) is 8.85. The molecular weight excluding hydrogens is 375 g/mol. The Morgan fingerprint density at radius 3 is 2.97 bits per heavy atom. The number of ether oxygens (including phenoxy) is 1. The zero-order valence-electron chi connectivity index (χ0n) is 16.0. The van der Waals surface area contributed by atoms with Gasteiger partial charge in [-0.05, 0) is 31.4 Å². The van der Waals surface area contributed by atoms with Crippen LogP contribution in [0.2, 0.25) is 0 Å². The van der Waals surface area contributed by atoms with Crippen LogP contribution in [0.25, 0.3) is 11.2 Å². The van der Waals surface area contributed by atoms with E-state index in [1.54, 1.807) is 18.5 Å². The highest BCUT2D eigenvalue weighted by Gasteiger charge is 2.23. The van der Waals surface area contributed by atoms with Crippen LogP contribution >= 0.6 is 0 Å². The molecule has 152 valence electrons. The van der Waals surface area contributed by atoms with Crippen molar-refractivity contribution in [3.05, 3.63) is 42.7 Å². The van der Waals surface area contributed by atoms with Crippen LogP contribution in [0.15, 0.2) is 36.9 Å². The fraction of sp³-hybridized carbons (Fsp3) is 0.400. The first-order chi connectivity index (χ1) is 14.2. The van der Waals surface area contributed by atoms with Crippen LogP contribution in [-0.4, -0.2) is 51.6 Å². The molecule has 1 amide bonds. The van der Waals surface area contributed by atoms with E-state index < -0.39 is 0 Å². The molecule has 0 saturated carbocycles. The minimum Gasteiger partial charge on any atom is -0.493 e. The lowest BCUT2D eigenvalue weighted by molar-refractivity contribution is -0.122. The summed E-state index contributed by atoms with van der Waals surface area (Å²) >= 11 is 0. The number of rotatable bonds is 7. The van der Waals surface area contributed by atoms with Gasteiger partial charge >= 0.3 is 0 Å². The van der Waals surface area contributed by atoms with Crippen molar-refractivity contribution in [3.8, 4) is 5.75 Å². The number of carbonyl (C=O) groups is 1. The molecule has 0 unspecified atom stereocenters. The first-order valence-electron chi connectivity index (χ1n) is 9.76. The molecule has 4 rings (SSSR count). The Bertz CT molecular complexity index is 970. The van der Waals surface area contributed by atoms with Crippen LogP contribution in [0.4, 0.5) is 10.2 Å². The number of carbonyl (C=O) groups excluding carboxylic acids is 1. The minimum atomic E-state index is -0.332. The highest BCUT2D eigenvalue weighted by Crippen LogP contribution is 2.23. The average Bonchev–Trinajstić information content (AvgIpc) is 3.21. The molecule has 0 spiro atoms. The highest BCUT2D eigenvalue weighted by atomic mass is 19.1. The standard InChI is InChI=1S/C20H23FN6O2/c21-14-3-1-4-16(11-14)29-10-2-5-17(28)26-15-6-8-27(9-7-15)20-18-19(23-12-22-18)24-13-25-20/h1,3-4,11-13,15H,2,5-10H2,(H,26,28)(H,22,23,24,25). The molecule has 1 aliphatic rings. The summed E-state index contributed by atoms with van der Waals surface area (Å²) in [6.07, 6.45) is 5.82. The van der Waals surface area contributed by atoms with Gasteiger partial charge in [0, 0.05) is 31.6 Å². The molecule has 2 N–H and O–H groups in total. The Morgan fingerprint density at radius 1 is 1.28 bits per heavy atom. The Morgan fingerprint density at radius 2 is 2.14 bits per heavy atom. The molecule has 3 heterocycles. The van der Waals surface area contributed by atoms with Crippen molar-refractivity contribution < 1.29 is 13.9 Å². The van der Waals surface area contributed by atoms with Gasteiger partial charge in [0.1, 0.15) is 23.4 Å². The summed E-state index contributed by atoms with van der Waals surface area (Å²) in [5.41, 5.74) is 1.50. The Kier molecular flexibility index (Phi) is 5.83. The highest BCUT2D eigenvalue weighted by molar-refractivity contribution is 5.82. The van der Waals surface area contributed by atoms with E-state index in [1.165, 1.54) is 18.5 Å². The van der Waals surface area contributed by atoms with E-state index in [2.05, 4.69) is 30.2 Å². The summed E-state index contributed by atoms with van der Waals surface area (Å²) in [5.74, 6) is 1.02. The monoisotopic (exact) mass is 398 g/mol. The number of piperidine rings is 1. The van der Waals surface area contributed by atoms with E-state index in [4.69, 9.17) is 4.74 Å². The SMILES string of the molecule is O=C(CCCOc1cccc(F)c1)NC1CCN(c2ncnc3nc[nH]c23)CC1. The van der Waals surface area contributed by atoms with Crippen molar-refractivity contribution in [1.29, 1.82) is 0 Å². The zero-order valence-corrected chi connectivity index (χ0v) is 16.0. The molecule has 0 atom stereocenters. The summed E-state index contributed by atoms with van der Waals surface area (Å²) in [7, 11) is 0. The number of anilines is 1. The summed E-state index contributed by atoms with van der Waals surface area (Å²) < 4.78 is 18.6. The number of aromatic amines is 1. The fourth-order valence-electron chi connectivity index (χ4n) is 3.51. The van der Waals surface area contributed by atoms with Gasteiger partial charge in [-0.3, -0.25) is 4.79 Å². The third-order valence-electron chi connectivity index (χ3n) is 4.98. The number of H-pyrrole nitrogens is 1. The third kappa shape index (κ3) is 4.79. The zero-order chi connectivity index (χ0) is 20.1. The lowest BCUT2D eigenvalue weighted by Crippen LogP contribution is -2.45. The molecule has 0 radical (unpaired) electrons. The number of amides is 1. The second-order valence-corrected chi connectivity index (χ2v) is 7.04. The Balaban J connectivity index is 1.18. The van der Waals surface area contributed by atoms with Crippen LogP contribution in [-0.2, 0) is 4.79 Å². The molecule has 8 nitrogen and oxygen atoms in total. The van der Waals surface area contributed by atoms with Crippen LogP contribution < -0.4 is 15.0 Å². The molecule has 1 saturated heterocycles. The van der Waals surface area contributed by atoms with Gasteiger partial charge < -0.3 is 19.9 Å². The molecule has 1 aliphatic heterocycles. The number of benzene rings is 1. The molecule has 0 bridgehead atoms. The largest absolute Gasteiger partial charge is 0.493 e. The quantitative estimate of drug-likeness (QED) is 0.594. The van der Waals surface area contributed by atoms with E-state index >= 15 is 0 Å². The smallest absolute Gasteiger partial charge is 0.220 e. The van der Waals surface area contributed by atoms with Crippen LogP contribution in [0.3, 0.4) is 0 Å². The average molecular weight is 398 g/mol. The van der Waals surface area contributed by atoms with Crippen molar-refractivity contribution in [2.24, 2.45) is 0 Å². The number of hydrogen-bond donors (Lipinski definition) is 2. The number of hydrogen-bond acceptors (Lipinski definition) is 6. The van der Waals surface area contributed by atoms with Crippen LogP contribution in [0.1, 0.15) is 25.7 Å².